The third-order valence-electron chi connectivity index (χ3n) is 2.92. The number of nitrogens with one attached hydrogen (secondary N) is 1. The van der Waals surface area contributed by atoms with Crippen LogP contribution in [0, 0.1) is 0 Å². The van der Waals surface area contributed by atoms with Crippen LogP contribution in [0.25, 0.3) is 6.08 Å². The first-order chi connectivity index (χ1) is 11.1. The van der Waals surface area contributed by atoms with Gasteiger partial charge in [-0.1, -0.05) is 36.1 Å². The number of amides is 2. The van der Waals surface area contributed by atoms with Crippen LogP contribution in [0.1, 0.15) is 4.88 Å². The number of thiocarbonyl (C=S) groups is 1. The summed E-state index contributed by atoms with van der Waals surface area (Å²) in [5.41, 5.74) is 0. The first-order valence-corrected chi connectivity index (χ1v) is 8.74. The average molecular weight is 361 g/mol. The molecule has 0 aliphatic carbocycles. The summed E-state index contributed by atoms with van der Waals surface area (Å²) in [7, 11) is 0. The fraction of sp³-hybridized carbons (Fsp3) is 0.0667. The summed E-state index contributed by atoms with van der Waals surface area (Å²) >= 11 is 7.96. The molecule has 0 saturated carbocycles. The molecule has 0 bridgehead atoms. The smallest absolute Gasteiger partial charge is 0.266 e. The maximum absolute atomic E-state index is 12.4. The van der Waals surface area contributed by atoms with Crippen LogP contribution in [0.15, 0.2) is 46.8 Å². The van der Waals surface area contributed by atoms with E-state index in [0.717, 1.165) is 4.88 Å². The SMILES string of the molecule is O=C(CN1C(=O)C(=Cc2cccs2)SC1=S)Nc1ccccn1. The van der Waals surface area contributed by atoms with Crippen molar-refractivity contribution in [2.24, 2.45) is 0 Å². The van der Waals surface area contributed by atoms with Gasteiger partial charge in [-0.25, -0.2) is 4.98 Å². The molecule has 3 rings (SSSR count). The second-order valence-corrected chi connectivity index (χ2v) is 7.20. The number of carbonyl (C=O) groups excluding carboxylic acids is 2. The minimum atomic E-state index is -0.336. The third kappa shape index (κ3) is 3.84. The molecule has 0 spiro atoms. The standard InChI is InChI=1S/C15H11N3O2S3/c19-13(17-12-5-1-2-6-16-12)9-18-14(20)11(23-15(18)21)8-10-4-3-7-22-10/h1-8H,9H2,(H,16,17,19). The zero-order valence-corrected chi connectivity index (χ0v) is 14.2. The largest absolute Gasteiger partial charge is 0.309 e. The molecule has 23 heavy (non-hydrogen) atoms. The van der Waals surface area contributed by atoms with E-state index in [1.807, 2.05) is 17.5 Å². The van der Waals surface area contributed by atoms with Gasteiger partial charge < -0.3 is 5.32 Å². The number of anilines is 1. The number of carbonyl (C=O) groups is 2. The highest BCUT2D eigenvalue weighted by Crippen LogP contribution is 2.33. The van der Waals surface area contributed by atoms with Crippen molar-refractivity contribution in [3.8, 4) is 0 Å². The third-order valence-corrected chi connectivity index (χ3v) is 5.12. The highest BCUT2D eigenvalue weighted by Gasteiger charge is 2.33. The Hall–Kier alpha value is -2.03. The fourth-order valence-electron chi connectivity index (χ4n) is 1.90. The normalized spacial score (nSPS) is 16.2. The Morgan fingerprint density at radius 1 is 1.35 bits per heavy atom. The van der Waals surface area contributed by atoms with E-state index in [0.29, 0.717) is 15.0 Å². The summed E-state index contributed by atoms with van der Waals surface area (Å²) in [6.07, 6.45) is 3.37. The molecule has 1 aliphatic rings. The molecule has 2 amide bonds. The lowest BCUT2D eigenvalue weighted by Crippen LogP contribution is -2.36. The Kier molecular flexibility index (Phi) is 4.85. The van der Waals surface area contributed by atoms with E-state index in [-0.39, 0.29) is 18.4 Å². The summed E-state index contributed by atoms with van der Waals surface area (Å²) in [6, 6.07) is 9.04. The van der Waals surface area contributed by atoms with Crippen LogP contribution in [-0.2, 0) is 9.59 Å². The van der Waals surface area contributed by atoms with Crippen LogP contribution < -0.4 is 5.32 Å². The zero-order valence-electron chi connectivity index (χ0n) is 11.8. The van der Waals surface area contributed by atoms with Crippen molar-refractivity contribution in [1.82, 2.24) is 9.88 Å². The van der Waals surface area contributed by atoms with Crippen LogP contribution >= 0.6 is 35.3 Å². The maximum atomic E-state index is 12.4. The number of hydrogen-bond acceptors (Lipinski definition) is 6. The van der Waals surface area contributed by atoms with Crippen LogP contribution in [0.2, 0.25) is 0 Å². The highest BCUT2D eigenvalue weighted by molar-refractivity contribution is 8.26. The van der Waals surface area contributed by atoms with Crippen molar-refractivity contribution in [3.63, 3.8) is 0 Å². The van der Waals surface area contributed by atoms with Gasteiger partial charge in [-0.3, -0.25) is 14.5 Å². The van der Waals surface area contributed by atoms with Crippen LogP contribution in [0.5, 0.6) is 0 Å². The minimum absolute atomic E-state index is 0.122. The molecule has 0 atom stereocenters. The lowest BCUT2D eigenvalue weighted by molar-refractivity contribution is -0.126. The Morgan fingerprint density at radius 3 is 2.91 bits per heavy atom. The van der Waals surface area contributed by atoms with Crippen LogP contribution in [0.4, 0.5) is 5.82 Å². The van der Waals surface area contributed by atoms with E-state index in [1.54, 1.807) is 30.5 Å². The summed E-state index contributed by atoms with van der Waals surface area (Å²) in [5, 5.41) is 4.58. The highest BCUT2D eigenvalue weighted by atomic mass is 32.2. The van der Waals surface area contributed by atoms with Crippen molar-refractivity contribution in [1.29, 1.82) is 0 Å². The maximum Gasteiger partial charge on any atom is 0.266 e. The van der Waals surface area contributed by atoms with E-state index < -0.39 is 0 Å². The summed E-state index contributed by atoms with van der Waals surface area (Å²) < 4.78 is 0.383. The molecule has 2 aromatic heterocycles. The fourth-order valence-corrected chi connectivity index (χ4v) is 3.88. The zero-order chi connectivity index (χ0) is 16.2. The van der Waals surface area contributed by atoms with Gasteiger partial charge >= 0.3 is 0 Å². The number of rotatable bonds is 4. The number of nitrogens with zero attached hydrogens (tertiary/aromatic N) is 2. The molecule has 1 fully saturated rings. The molecule has 3 heterocycles. The molecule has 0 aromatic carbocycles. The lowest BCUT2D eigenvalue weighted by Gasteiger charge is -2.13. The van der Waals surface area contributed by atoms with E-state index in [9.17, 15) is 9.59 Å². The average Bonchev–Trinajstić information content (AvgIpc) is 3.13. The number of aromatic nitrogens is 1. The topological polar surface area (TPSA) is 62.3 Å². The van der Waals surface area contributed by atoms with Gasteiger partial charge in [0.2, 0.25) is 5.91 Å². The molecule has 116 valence electrons. The molecule has 0 radical (unpaired) electrons. The molecule has 1 aliphatic heterocycles. The molecule has 2 aromatic rings. The quantitative estimate of drug-likeness (QED) is 0.670. The first kappa shape index (κ1) is 15.9. The Labute approximate surface area is 146 Å². The van der Waals surface area contributed by atoms with E-state index in [1.165, 1.54) is 28.0 Å². The Balaban J connectivity index is 1.67. The molecule has 8 heteroatoms. The molecule has 0 unspecified atom stereocenters. The summed E-state index contributed by atoms with van der Waals surface area (Å²) in [6.45, 7) is -0.122. The Morgan fingerprint density at radius 2 is 2.22 bits per heavy atom. The van der Waals surface area contributed by atoms with Crippen molar-refractivity contribution < 1.29 is 9.59 Å². The predicted octanol–water partition coefficient (Wildman–Crippen LogP) is 2.98. The first-order valence-electron chi connectivity index (χ1n) is 6.63. The van der Waals surface area contributed by atoms with Gasteiger partial charge in [-0.2, -0.15) is 0 Å². The van der Waals surface area contributed by atoms with Crippen molar-refractivity contribution >= 4 is 63.3 Å². The predicted molar refractivity (Wildman–Crippen MR) is 97.1 cm³/mol. The van der Waals surface area contributed by atoms with Gasteiger partial charge in [-0.15, -0.1) is 11.3 Å². The van der Waals surface area contributed by atoms with E-state index in [2.05, 4.69) is 10.3 Å². The molecule has 5 nitrogen and oxygen atoms in total. The minimum Gasteiger partial charge on any atom is -0.309 e. The van der Waals surface area contributed by atoms with Crippen molar-refractivity contribution in [3.05, 3.63) is 51.7 Å². The number of thiophene rings is 1. The van der Waals surface area contributed by atoms with Crippen molar-refractivity contribution in [2.75, 3.05) is 11.9 Å². The molecular formula is C15H11N3O2S3. The molecule has 1 N–H and O–H groups in total. The van der Waals surface area contributed by atoms with Gasteiger partial charge in [0.1, 0.15) is 16.7 Å². The lowest BCUT2D eigenvalue weighted by atomic mass is 10.3. The number of hydrogen-bond donors (Lipinski definition) is 1. The second kappa shape index (κ2) is 7.03. The van der Waals surface area contributed by atoms with Crippen molar-refractivity contribution in [2.45, 2.75) is 0 Å². The monoisotopic (exact) mass is 361 g/mol. The van der Waals surface area contributed by atoms with Gasteiger partial charge in [0, 0.05) is 11.1 Å². The Bertz CT molecular complexity index is 773. The van der Waals surface area contributed by atoms with Gasteiger partial charge in [-0.05, 0) is 29.7 Å². The van der Waals surface area contributed by atoms with Gasteiger partial charge in [0.15, 0.2) is 0 Å². The molecular weight excluding hydrogens is 350 g/mol. The van der Waals surface area contributed by atoms with E-state index >= 15 is 0 Å². The summed E-state index contributed by atoms with van der Waals surface area (Å²) in [5.74, 6) is -0.140. The number of thioether (sulfide) groups is 1. The van der Waals surface area contributed by atoms with Gasteiger partial charge in [0.05, 0.1) is 4.91 Å². The van der Waals surface area contributed by atoms with Crippen LogP contribution in [0.3, 0.4) is 0 Å². The van der Waals surface area contributed by atoms with Crippen LogP contribution in [-0.4, -0.2) is 32.6 Å². The second-order valence-electron chi connectivity index (χ2n) is 4.55. The summed E-state index contributed by atoms with van der Waals surface area (Å²) in [4.78, 5) is 31.3. The number of pyridine rings is 1. The molecule has 1 saturated heterocycles. The van der Waals surface area contributed by atoms with E-state index in [4.69, 9.17) is 12.2 Å². The van der Waals surface area contributed by atoms with Gasteiger partial charge in [0.25, 0.3) is 5.91 Å².